The predicted molar refractivity (Wildman–Crippen MR) is 87.9 cm³/mol. The smallest absolute Gasteiger partial charge is 0.240 e. The van der Waals surface area contributed by atoms with Crippen LogP contribution < -0.4 is 10.0 Å². The molecule has 0 radical (unpaired) electrons. The van der Waals surface area contributed by atoms with Gasteiger partial charge in [0.1, 0.15) is 0 Å². The number of rotatable bonds is 9. The summed E-state index contributed by atoms with van der Waals surface area (Å²) in [5, 5.41) is 3.51. The minimum absolute atomic E-state index is 0.280. The first-order valence-electron chi connectivity index (χ1n) is 7.73. The van der Waals surface area contributed by atoms with Crippen molar-refractivity contribution in [1.82, 2.24) is 10.0 Å². The molecule has 120 valence electrons. The van der Waals surface area contributed by atoms with Crippen LogP contribution in [-0.2, 0) is 16.4 Å². The van der Waals surface area contributed by atoms with E-state index in [9.17, 15) is 8.42 Å². The molecule has 2 N–H and O–H groups in total. The number of benzene rings is 1. The van der Waals surface area contributed by atoms with Gasteiger partial charge in [0.25, 0.3) is 0 Å². The molecule has 0 saturated heterocycles. The zero-order valence-corrected chi connectivity index (χ0v) is 14.3. The van der Waals surface area contributed by atoms with Gasteiger partial charge < -0.3 is 5.32 Å². The fourth-order valence-electron chi connectivity index (χ4n) is 2.31. The maximum absolute atomic E-state index is 12.3. The van der Waals surface area contributed by atoms with Gasteiger partial charge in [-0.1, -0.05) is 45.9 Å². The van der Waals surface area contributed by atoms with Crippen molar-refractivity contribution in [1.29, 1.82) is 0 Å². The van der Waals surface area contributed by atoms with Crippen molar-refractivity contribution in [3.63, 3.8) is 0 Å². The van der Waals surface area contributed by atoms with Gasteiger partial charge in [0.15, 0.2) is 0 Å². The van der Waals surface area contributed by atoms with Crippen LogP contribution in [0, 0.1) is 5.92 Å². The first-order chi connectivity index (χ1) is 9.92. The Morgan fingerprint density at radius 1 is 1.14 bits per heavy atom. The molecule has 1 unspecified atom stereocenters. The first-order valence-corrected chi connectivity index (χ1v) is 9.21. The van der Waals surface area contributed by atoms with E-state index in [0.29, 0.717) is 17.4 Å². The third-order valence-electron chi connectivity index (χ3n) is 3.50. The molecule has 0 spiro atoms. The maximum Gasteiger partial charge on any atom is 0.240 e. The van der Waals surface area contributed by atoms with Crippen molar-refractivity contribution in [3.05, 3.63) is 29.8 Å². The third-order valence-corrected chi connectivity index (χ3v) is 5.14. The van der Waals surface area contributed by atoms with Crippen LogP contribution in [0.25, 0.3) is 0 Å². The zero-order valence-electron chi connectivity index (χ0n) is 13.5. The normalized spacial score (nSPS) is 13.6. The molecule has 0 aromatic heterocycles. The van der Waals surface area contributed by atoms with Crippen LogP contribution in [-0.4, -0.2) is 27.5 Å². The van der Waals surface area contributed by atoms with Gasteiger partial charge in [-0.2, -0.15) is 0 Å². The molecular formula is C16H28N2O2S. The van der Waals surface area contributed by atoms with Gasteiger partial charge in [-0.15, -0.1) is 0 Å². The SMILES string of the molecule is CCCNC(Cc1ccccc1S(=O)(=O)NCC)C(C)C. The summed E-state index contributed by atoms with van der Waals surface area (Å²) >= 11 is 0. The number of sulfonamides is 1. The Morgan fingerprint density at radius 3 is 2.38 bits per heavy atom. The molecule has 1 rings (SSSR count). The van der Waals surface area contributed by atoms with Crippen LogP contribution in [0.2, 0.25) is 0 Å². The van der Waals surface area contributed by atoms with Gasteiger partial charge >= 0.3 is 0 Å². The van der Waals surface area contributed by atoms with Crippen molar-refractivity contribution in [3.8, 4) is 0 Å². The Balaban J connectivity index is 3.02. The maximum atomic E-state index is 12.3. The van der Waals surface area contributed by atoms with Gasteiger partial charge in [0.2, 0.25) is 10.0 Å². The van der Waals surface area contributed by atoms with Crippen LogP contribution in [0.15, 0.2) is 29.2 Å². The topological polar surface area (TPSA) is 58.2 Å². The van der Waals surface area contributed by atoms with E-state index in [1.54, 1.807) is 19.1 Å². The van der Waals surface area contributed by atoms with Crippen molar-refractivity contribution in [2.45, 2.75) is 51.5 Å². The minimum atomic E-state index is -3.41. The molecular weight excluding hydrogens is 284 g/mol. The van der Waals surface area contributed by atoms with Gasteiger partial charge in [0, 0.05) is 12.6 Å². The van der Waals surface area contributed by atoms with E-state index in [0.717, 1.165) is 24.9 Å². The predicted octanol–water partition coefficient (Wildman–Crippen LogP) is 2.55. The van der Waals surface area contributed by atoms with Gasteiger partial charge in [0.05, 0.1) is 4.90 Å². The highest BCUT2D eigenvalue weighted by atomic mass is 32.2. The zero-order chi connectivity index (χ0) is 15.9. The molecule has 0 heterocycles. The molecule has 0 aliphatic heterocycles. The highest BCUT2D eigenvalue weighted by Gasteiger charge is 2.20. The van der Waals surface area contributed by atoms with E-state index in [4.69, 9.17) is 0 Å². The quantitative estimate of drug-likeness (QED) is 0.737. The molecule has 0 aliphatic carbocycles. The Labute approximate surface area is 129 Å². The summed E-state index contributed by atoms with van der Waals surface area (Å²) in [5.74, 6) is 0.450. The monoisotopic (exact) mass is 312 g/mol. The van der Waals surface area contributed by atoms with Crippen LogP contribution in [0.5, 0.6) is 0 Å². The minimum Gasteiger partial charge on any atom is -0.313 e. The third kappa shape index (κ3) is 5.41. The molecule has 0 amide bonds. The Hall–Kier alpha value is -0.910. The summed E-state index contributed by atoms with van der Waals surface area (Å²) in [6.45, 7) is 9.60. The largest absolute Gasteiger partial charge is 0.313 e. The second-order valence-corrected chi connectivity index (χ2v) is 7.35. The Morgan fingerprint density at radius 2 is 1.81 bits per heavy atom. The summed E-state index contributed by atoms with van der Waals surface area (Å²) in [5.41, 5.74) is 0.876. The highest BCUT2D eigenvalue weighted by molar-refractivity contribution is 7.89. The number of hydrogen-bond acceptors (Lipinski definition) is 3. The standard InChI is InChI=1S/C16H28N2O2S/c1-5-11-17-15(13(3)4)12-14-9-7-8-10-16(14)21(19,20)18-6-2/h7-10,13,15,17-18H,5-6,11-12H2,1-4H3. The van der Waals surface area contributed by atoms with Gasteiger partial charge in [-0.05, 0) is 36.9 Å². The number of hydrogen-bond donors (Lipinski definition) is 2. The van der Waals surface area contributed by atoms with Crippen LogP contribution in [0.4, 0.5) is 0 Å². The van der Waals surface area contributed by atoms with Crippen molar-refractivity contribution >= 4 is 10.0 Å². The molecule has 1 atom stereocenters. The molecule has 21 heavy (non-hydrogen) atoms. The second kappa shape index (κ2) is 8.51. The lowest BCUT2D eigenvalue weighted by Crippen LogP contribution is -2.37. The van der Waals surface area contributed by atoms with E-state index in [1.807, 2.05) is 12.1 Å². The average Bonchev–Trinajstić information content (AvgIpc) is 2.43. The second-order valence-electron chi connectivity index (χ2n) is 5.62. The first kappa shape index (κ1) is 18.1. The van der Waals surface area contributed by atoms with Crippen LogP contribution in [0.1, 0.15) is 39.7 Å². The summed E-state index contributed by atoms with van der Waals surface area (Å²) < 4.78 is 27.1. The highest BCUT2D eigenvalue weighted by Crippen LogP contribution is 2.19. The van der Waals surface area contributed by atoms with E-state index in [2.05, 4.69) is 30.8 Å². The molecule has 0 saturated carbocycles. The summed E-state index contributed by atoms with van der Waals surface area (Å²) in [6.07, 6.45) is 1.79. The lowest BCUT2D eigenvalue weighted by molar-refractivity contribution is 0.395. The van der Waals surface area contributed by atoms with Crippen LogP contribution >= 0.6 is 0 Å². The summed E-state index contributed by atoms with van der Waals surface area (Å²) in [7, 11) is -3.41. The van der Waals surface area contributed by atoms with E-state index < -0.39 is 10.0 Å². The lowest BCUT2D eigenvalue weighted by Gasteiger charge is -2.23. The average molecular weight is 312 g/mol. The molecule has 1 aromatic carbocycles. The van der Waals surface area contributed by atoms with Crippen molar-refractivity contribution in [2.75, 3.05) is 13.1 Å². The van der Waals surface area contributed by atoms with E-state index in [1.165, 1.54) is 0 Å². The lowest BCUT2D eigenvalue weighted by atomic mass is 9.96. The fraction of sp³-hybridized carbons (Fsp3) is 0.625. The Kier molecular flexibility index (Phi) is 7.35. The van der Waals surface area contributed by atoms with Crippen molar-refractivity contribution in [2.24, 2.45) is 5.92 Å². The van der Waals surface area contributed by atoms with E-state index >= 15 is 0 Å². The fourth-order valence-corrected chi connectivity index (χ4v) is 3.60. The van der Waals surface area contributed by atoms with E-state index in [-0.39, 0.29) is 6.04 Å². The molecule has 4 nitrogen and oxygen atoms in total. The van der Waals surface area contributed by atoms with Crippen LogP contribution in [0.3, 0.4) is 0 Å². The van der Waals surface area contributed by atoms with Gasteiger partial charge in [-0.25, -0.2) is 13.1 Å². The Bertz CT molecular complexity index is 527. The van der Waals surface area contributed by atoms with Crippen molar-refractivity contribution < 1.29 is 8.42 Å². The molecule has 0 bridgehead atoms. The molecule has 0 fully saturated rings. The molecule has 1 aromatic rings. The number of nitrogens with one attached hydrogen (secondary N) is 2. The van der Waals surface area contributed by atoms with Gasteiger partial charge in [-0.3, -0.25) is 0 Å². The molecule has 0 aliphatic rings. The summed E-state index contributed by atoms with van der Waals surface area (Å²) in [4.78, 5) is 0.399. The molecule has 5 heteroatoms. The summed E-state index contributed by atoms with van der Waals surface area (Å²) in [6, 6.07) is 7.55.